The highest BCUT2D eigenvalue weighted by Gasteiger charge is 2.40. The summed E-state index contributed by atoms with van der Waals surface area (Å²) in [7, 11) is 0. The second-order valence-corrected chi connectivity index (χ2v) is 8.19. The maximum atomic E-state index is 12.3. The van der Waals surface area contributed by atoms with E-state index in [4.69, 9.17) is 16.3 Å². The van der Waals surface area contributed by atoms with Gasteiger partial charge in [0.05, 0.1) is 18.3 Å². The Morgan fingerprint density at radius 2 is 2.11 bits per heavy atom. The van der Waals surface area contributed by atoms with Gasteiger partial charge in [-0.15, -0.1) is 0 Å². The lowest BCUT2D eigenvalue weighted by Gasteiger charge is -2.42. The van der Waals surface area contributed by atoms with Gasteiger partial charge in [-0.2, -0.15) is 0 Å². The number of nitrogens with zero attached hydrogens (tertiary/aromatic N) is 2. The predicted molar refractivity (Wildman–Crippen MR) is 104 cm³/mol. The van der Waals surface area contributed by atoms with Crippen LogP contribution in [0.25, 0.3) is 0 Å². The third-order valence-electron chi connectivity index (χ3n) is 4.72. The van der Waals surface area contributed by atoms with Crippen molar-refractivity contribution in [3.63, 3.8) is 0 Å². The highest BCUT2D eigenvalue weighted by atomic mass is 35.5. The van der Waals surface area contributed by atoms with Gasteiger partial charge in [0.1, 0.15) is 10.7 Å². The summed E-state index contributed by atoms with van der Waals surface area (Å²) >= 11 is 6.05. The average molecular weight is 398 g/mol. The molecule has 0 radical (unpaired) electrons. The molecule has 150 valence electrons. The number of halogens is 1. The van der Waals surface area contributed by atoms with E-state index in [0.29, 0.717) is 17.8 Å². The van der Waals surface area contributed by atoms with Gasteiger partial charge in [-0.05, 0) is 37.7 Å². The van der Waals surface area contributed by atoms with E-state index in [9.17, 15) is 14.7 Å². The van der Waals surface area contributed by atoms with Crippen LogP contribution >= 0.6 is 11.6 Å². The largest absolute Gasteiger partial charge is 0.465 e. The molecule has 1 unspecified atom stereocenters. The van der Waals surface area contributed by atoms with Gasteiger partial charge < -0.3 is 20.1 Å². The van der Waals surface area contributed by atoms with Gasteiger partial charge in [0, 0.05) is 18.8 Å². The van der Waals surface area contributed by atoms with Gasteiger partial charge in [-0.1, -0.05) is 32.4 Å². The molecule has 1 amide bonds. The average Bonchev–Trinajstić information content (AvgIpc) is 2.77. The monoisotopic (exact) mass is 397 g/mol. The fourth-order valence-electron chi connectivity index (χ4n) is 3.72. The highest BCUT2D eigenvalue weighted by Crippen LogP contribution is 2.34. The lowest BCUT2D eigenvalue weighted by Crippen LogP contribution is -2.55. The number of carbonyl (C=O) groups is 2. The number of pyridine rings is 1. The van der Waals surface area contributed by atoms with Crippen molar-refractivity contribution < 1.29 is 19.4 Å². The van der Waals surface area contributed by atoms with E-state index in [2.05, 4.69) is 10.3 Å². The molecule has 1 saturated heterocycles. The number of hydrogen-bond acceptors (Lipinski definition) is 5. The van der Waals surface area contributed by atoms with Crippen molar-refractivity contribution in [3.05, 3.63) is 23.0 Å². The summed E-state index contributed by atoms with van der Waals surface area (Å²) in [5.74, 6) is -0.486. The number of hydrogen-bond donors (Lipinski definition) is 2. The zero-order valence-corrected chi connectivity index (χ0v) is 17.0. The molecule has 0 bridgehead atoms. The molecule has 2 heterocycles. The van der Waals surface area contributed by atoms with Crippen LogP contribution in [0.2, 0.25) is 5.15 Å². The maximum Gasteiger partial charge on any atom is 0.407 e. The summed E-state index contributed by atoms with van der Waals surface area (Å²) in [6, 6.07) is 1.15. The molecule has 0 spiro atoms. The predicted octanol–water partition coefficient (Wildman–Crippen LogP) is 4.27. The molecule has 27 heavy (non-hydrogen) atoms. The zero-order valence-electron chi connectivity index (χ0n) is 16.3. The number of aromatic nitrogens is 1. The van der Waals surface area contributed by atoms with Crippen LogP contribution in [0.5, 0.6) is 0 Å². The van der Waals surface area contributed by atoms with Crippen LogP contribution in [0.4, 0.5) is 10.5 Å². The van der Waals surface area contributed by atoms with E-state index in [-0.39, 0.29) is 29.3 Å². The Balaban J connectivity index is 2.42. The van der Waals surface area contributed by atoms with Gasteiger partial charge in [0.25, 0.3) is 0 Å². The summed E-state index contributed by atoms with van der Waals surface area (Å²) in [6.07, 6.45) is 2.94. The van der Waals surface area contributed by atoms with Crippen molar-refractivity contribution in [2.45, 2.75) is 59.0 Å². The molecule has 2 rings (SSSR count). The van der Waals surface area contributed by atoms with Crippen LogP contribution < -0.4 is 5.32 Å². The molecule has 1 fully saturated rings. The van der Waals surface area contributed by atoms with Crippen LogP contribution in [0, 0.1) is 5.41 Å². The molecular formula is C19H28ClN3O4. The fraction of sp³-hybridized carbons (Fsp3) is 0.632. The number of nitrogens with one attached hydrogen (secondary N) is 1. The number of likely N-dealkylation sites (tertiary alicyclic amines) is 1. The third-order valence-corrected chi connectivity index (χ3v) is 4.93. The van der Waals surface area contributed by atoms with E-state index < -0.39 is 12.1 Å². The maximum absolute atomic E-state index is 12.3. The van der Waals surface area contributed by atoms with Crippen LogP contribution in [0.3, 0.4) is 0 Å². The van der Waals surface area contributed by atoms with E-state index in [1.54, 1.807) is 13.0 Å². The number of amides is 1. The topological polar surface area (TPSA) is 91.8 Å². The Morgan fingerprint density at radius 3 is 2.70 bits per heavy atom. The Labute approximate surface area is 165 Å². The van der Waals surface area contributed by atoms with Gasteiger partial charge in [0.2, 0.25) is 0 Å². The number of esters is 1. The number of carbonyl (C=O) groups excluding carboxylic acids is 1. The minimum Gasteiger partial charge on any atom is -0.465 e. The first kappa shape index (κ1) is 21.3. The Kier molecular flexibility index (Phi) is 6.92. The molecule has 1 aromatic heterocycles. The minimum atomic E-state index is -0.929. The molecule has 0 aliphatic carbocycles. The molecule has 0 aromatic carbocycles. The van der Waals surface area contributed by atoms with E-state index in [1.165, 1.54) is 11.1 Å². The summed E-state index contributed by atoms with van der Waals surface area (Å²) in [6.45, 7) is 8.57. The van der Waals surface area contributed by atoms with E-state index >= 15 is 0 Å². The van der Waals surface area contributed by atoms with Crippen LogP contribution in [0.15, 0.2) is 12.3 Å². The smallest absolute Gasteiger partial charge is 0.407 e. The molecule has 2 atom stereocenters. The molecule has 8 heteroatoms. The molecule has 1 aliphatic rings. The lowest BCUT2D eigenvalue weighted by molar-refractivity contribution is 0.0526. The van der Waals surface area contributed by atoms with Crippen molar-refractivity contribution >= 4 is 29.4 Å². The molecule has 7 nitrogen and oxygen atoms in total. The van der Waals surface area contributed by atoms with Gasteiger partial charge >= 0.3 is 12.1 Å². The standard InChI is InChI=1S/C19H28ClN3O4/c1-5-27-17(24)12-11-21-15(20)10-14(12)22-13-8-6-7-9-23(18(25)26)16(13)19(2,3)4/h10-11,13,16H,5-9H2,1-4H3,(H,21,22)(H,25,26)/t13-,16?/m0/s1. The second kappa shape index (κ2) is 8.78. The van der Waals surface area contributed by atoms with Crippen LogP contribution in [-0.2, 0) is 4.74 Å². The van der Waals surface area contributed by atoms with Crippen molar-refractivity contribution in [2.75, 3.05) is 18.5 Å². The number of anilines is 1. The lowest BCUT2D eigenvalue weighted by atomic mass is 9.80. The number of ether oxygens (including phenoxy) is 1. The van der Waals surface area contributed by atoms with Crippen molar-refractivity contribution in [1.29, 1.82) is 0 Å². The van der Waals surface area contributed by atoms with Crippen molar-refractivity contribution in [1.82, 2.24) is 9.88 Å². The summed E-state index contributed by atoms with van der Waals surface area (Å²) in [5.41, 5.74) is 0.515. The zero-order chi connectivity index (χ0) is 20.2. The number of rotatable bonds is 4. The SMILES string of the molecule is CCOC(=O)c1cnc(Cl)cc1N[C@H]1CCCCN(C(=O)O)C1C(C)(C)C. The normalized spacial score (nSPS) is 20.7. The molecule has 2 N–H and O–H groups in total. The summed E-state index contributed by atoms with van der Waals surface area (Å²) < 4.78 is 5.11. The van der Waals surface area contributed by atoms with Crippen molar-refractivity contribution in [2.24, 2.45) is 5.41 Å². The van der Waals surface area contributed by atoms with Gasteiger partial charge in [-0.3, -0.25) is 0 Å². The van der Waals surface area contributed by atoms with E-state index in [0.717, 1.165) is 19.3 Å². The quantitative estimate of drug-likeness (QED) is 0.582. The number of carboxylic acid groups (broad SMARTS) is 1. The van der Waals surface area contributed by atoms with E-state index in [1.807, 2.05) is 20.8 Å². The molecule has 1 aromatic rings. The van der Waals surface area contributed by atoms with Gasteiger partial charge in [0.15, 0.2) is 0 Å². The third kappa shape index (κ3) is 5.25. The first-order valence-electron chi connectivity index (χ1n) is 9.24. The second-order valence-electron chi connectivity index (χ2n) is 7.81. The highest BCUT2D eigenvalue weighted by molar-refractivity contribution is 6.29. The van der Waals surface area contributed by atoms with Crippen molar-refractivity contribution in [3.8, 4) is 0 Å². The molecule has 0 saturated carbocycles. The van der Waals surface area contributed by atoms with Crippen LogP contribution in [-0.4, -0.2) is 52.3 Å². The summed E-state index contributed by atoms with van der Waals surface area (Å²) in [5, 5.41) is 13.4. The Hall–Kier alpha value is -2.02. The molecular weight excluding hydrogens is 370 g/mol. The Morgan fingerprint density at radius 1 is 1.41 bits per heavy atom. The first-order chi connectivity index (χ1) is 12.6. The first-order valence-corrected chi connectivity index (χ1v) is 9.61. The fourth-order valence-corrected chi connectivity index (χ4v) is 3.88. The summed E-state index contributed by atoms with van der Waals surface area (Å²) in [4.78, 5) is 29.7. The molecule has 1 aliphatic heterocycles. The van der Waals surface area contributed by atoms with Gasteiger partial charge in [-0.25, -0.2) is 14.6 Å². The van der Waals surface area contributed by atoms with Crippen LogP contribution in [0.1, 0.15) is 57.3 Å². The Bertz CT molecular complexity index is 690. The minimum absolute atomic E-state index is 0.171.